The zero-order valence-corrected chi connectivity index (χ0v) is 16.8. The number of carbonyl (C=O) groups excluding carboxylic acids is 2. The molecule has 1 aromatic carbocycles. The third kappa shape index (κ3) is 4.27. The van der Waals surface area contributed by atoms with Crippen molar-refractivity contribution in [2.75, 3.05) is 58.4 Å². The molecule has 29 heavy (non-hydrogen) atoms. The van der Waals surface area contributed by atoms with Gasteiger partial charge in [-0.15, -0.1) is 0 Å². The Morgan fingerprint density at radius 1 is 1.28 bits per heavy atom. The number of β-amino-alcohol motifs (C(OH)–C–C–N with tert-alkyl or cyclic N) is 1. The van der Waals surface area contributed by atoms with Crippen LogP contribution in [0.1, 0.15) is 0 Å². The molecule has 0 bridgehead atoms. The number of methoxy groups -OCH3 is 1. The molecule has 1 fully saturated rings. The minimum atomic E-state index is -3.83. The lowest BCUT2D eigenvalue weighted by Crippen LogP contribution is -2.40. The molecule has 10 nitrogen and oxygen atoms in total. The Hall–Kier alpha value is -2.47. The molecule has 0 saturated carbocycles. The number of anilines is 1. The average molecular weight is 425 g/mol. The largest absolute Gasteiger partial charge is 0.466 e. The van der Waals surface area contributed by atoms with Crippen molar-refractivity contribution in [2.45, 2.75) is 4.90 Å². The first-order valence-electron chi connectivity index (χ1n) is 9.05. The van der Waals surface area contributed by atoms with Crippen LogP contribution in [0, 0.1) is 0 Å². The van der Waals surface area contributed by atoms with Crippen molar-refractivity contribution in [2.24, 2.45) is 0 Å². The van der Waals surface area contributed by atoms with Gasteiger partial charge in [0.05, 0.1) is 44.7 Å². The summed E-state index contributed by atoms with van der Waals surface area (Å²) in [7, 11) is -2.63. The van der Waals surface area contributed by atoms with Gasteiger partial charge < -0.3 is 24.8 Å². The van der Waals surface area contributed by atoms with E-state index in [0.29, 0.717) is 13.2 Å². The summed E-state index contributed by atoms with van der Waals surface area (Å²) in [5, 5.41) is 12.0. The number of rotatable bonds is 7. The van der Waals surface area contributed by atoms with Crippen LogP contribution in [0.2, 0.25) is 0 Å². The van der Waals surface area contributed by atoms with E-state index < -0.39 is 21.9 Å². The summed E-state index contributed by atoms with van der Waals surface area (Å²) in [6, 6.07) is 6.18. The van der Waals surface area contributed by atoms with E-state index in [0.717, 1.165) is 0 Å². The van der Waals surface area contributed by atoms with E-state index in [1.165, 1.54) is 28.4 Å². The lowest BCUT2D eigenvalue weighted by molar-refractivity contribution is -0.136. The van der Waals surface area contributed by atoms with Crippen molar-refractivity contribution in [1.82, 2.24) is 9.21 Å². The summed E-state index contributed by atoms with van der Waals surface area (Å²) < 4.78 is 37.5. The van der Waals surface area contributed by atoms with Gasteiger partial charge in [-0.2, -0.15) is 4.31 Å². The molecule has 0 unspecified atom stereocenters. The number of nitrogens with one attached hydrogen (secondary N) is 1. The van der Waals surface area contributed by atoms with Gasteiger partial charge in [-0.05, 0) is 12.1 Å². The minimum absolute atomic E-state index is 0.00739. The van der Waals surface area contributed by atoms with Crippen LogP contribution in [0.5, 0.6) is 0 Å². The van der Waals surface area contributed by atoms with Crippen molar-refractivity contribution in [3.63, 3.8) is 0 Å². The quantitative estimate of drug-likeness (QED) is 0.554. The second-order valence-electron chi connectivity index (χ2n) is 6.43. The second-order valence-corrected chi connectivity index (χ2v) is 8.34. The number of nitrogens with zero attached hydrogens (tertiary/aromatic N) is 2. The molecule has 1 saturated heterocycles. The molecule has 0 aromatic heterocycles. The molecule has 2 heterocycles. The van der Waals surface area contributed by atoms with Crippen LogP contribution in [0.4, 0.5) is 5.69 Å². The van der Waals surface area contributed by atoms with Crippen LogP contribution in [-0.4, -0.2) is 87.7 Å². The zero-order chi connectivity index (χ0) is 21.0. The highest BCUT2D eigenvalue weighted by Gasteiger charge is 2.36. The maximum atomic E-state index is 13.1. The Labute approximate surface area is 168 Å². The molecule has 2 aliphatic heterocycles. The number of aliphatic hydroxyl groups is 1. The highest BCUT2D eigenvalue weighted by Crippen LogP contribution is 2.29. The average Bonchev–Trinajstić information content (AvgIpc) is 3.04. The highest BCUT2D eigenvalue weighted by molar-refractivity contribution is 7.89. The van der Waals surface area contributed by atoms with E-state index in [4.69, 9.17) is 14.6 Å². The Bertz CT molecular complexity index is 923. The molecule has 0 atom stereocenters. The molecular weight excluding hydrogens is 402 g/mol. The number of carbonyl (C=O) groups is 2. The predicted octanol–water partition coefficient (Wildman–Crippen LogP) is -0.619. The predicted molar refractivity (Wildman–Crippen MR) is 102 cm³/mol. The Balaban J connectivity index is 1.97. The van der Waals surface area contributed by atoms with Crippen LogP contribution in [0.15, 0.2) is 40.4 Å². The highest BCUT2D eigenvalue weighted by atomic mass is 32.2. The van der Waals surface area contributed by atoms with E-state index in [1.54, 1.807) is 12.1 Å². The van der Waals surface area contributed by atoms with Crippen molar-refractivity contribution in [1.29, 1.82) is 0 Å². The number of aliphatic hydroxyl groups excluding tert-OH is 1. The molecular formula is C18H23N3O7S. The van der Waals surface area contributed by atoms with Crippen LogP contribution in [-0.2, 0) is 29.1 Å². The van der Waals surface area contributed by atoms with Gasteiger partial charge in [-0.25, -0.2) is 13.2 Å². The van der Waals surface area contributed by atoms with Crippen LogP contribution >= 0.6 is 0 Å². The summed E-state index contributed by atoms with van der Waals surface area (Å²) in [4.78, 5) is 26.1. The van der Waals surface area contributed by atoms with Gasteiger partial charge in [-0.3, -0.25) is 4.79 Å². The summed E-state index contributed by atoms with van der Waals surface area (Å²) in [5.41, 5.74) is 0.189. The minimum Gasteiger partial charge on any atom is -0.466 e. The summed E-state index contributed by atoms with van der Waals surface area (Å²) >= 11 is 0. The van der Waals surface area contributed by atoms with Crippen LogP contribution < -0.4 is 5.32 Å². The van der Waals surface area contributed by atoms with E-state index in [1.807, 2.05) is 0 Å². The number of ether oxygens (including phenoxy) is 2. The SMILES string of the molecule is COC(=O)C1=C(Nc2ccccc2S(=O)(=O)N2CCOCC2)C(=O)N(CCO)C1. The first kappa shape index (κ1) is 21.2. The molecule has 2 aliphatic rings. The van der Waals surface area contributed by atoms with Crippen molar-refractivity contribution < 1.29 is 32.6 Å². The summed E-state index contributed by atoms with van der Waals surface area (Å²) in [6.07, 6.45) is 0. The summed E-state index contributed by atoms with van der Waals surface area (Å²) in [6.45, 7) is 0.814. The third-order valence-corrected chi connectivity index (χ3v) is 6.64. The number of sulfonamides is 1. The van der Waals surface area contributed by atoms with E-state index >= 15 is 0 Å². The smallest absolute Gasteiger partial charge is 0.337 e. The van der Waals surface area contributed by atoms with Crippen molar-refractivity contribution in [3.05, 3.63) is 35.5 Å². The Morgan fingerprint density at radius 2 is 1.97 bits per heavy atom. The maximum Gasteiger partial charge on any atom is 0.337 e. The number of morpholine rings is 1. The normalized spacial score (nSPS) is 18.3. The first-order chi connectivity index (χ1) is 13.9. The molecule has 0 radical (unpaired) electrons. The number of benzene rings is 1. The van der Waals surface area contributed by atoms with Gasteiger partial charge in [0.2, 0.25) is 10.0 Å². The van der Waals surface area contributed by atoms with Gasteiger partial charge in [0.25, 0.3) is 5.91 Å². The number of hydrogen-bond donors (Lipinski definition) is 2. The Morgan fingerprint density at radius 3 is 2.62 bits per heavy atom. The first-order valence-corrected chi connectivity index (χ1v) is 10.5. The molecule has 0 aliphatic carbocycles. The standard InChI is InChI=1S/C18H23N3O7S/c1-27-18(24)13-12-20(6-9-22)17(23)16(13)19-14-4-2-3-5-15(14)29(25,26)21-7-10-28-11-8-21/h2-5,19,22H,6-12H2,1H3. The second kappa shape index (κ2) is 8.91. The summed E-state index contributed by atoms with van der Waals surface area (Å²) in [5.74, 6) is -1.21. The van der Waals surface area contributed by atoms with E-state index in [2.05, 4.69) is 5.32 Å². The monoisotopic (exact) mass is 425 g/mol. The van der Waals surface area contributed by atoms with E-state index in [-0.39, 0.29) is 54.6 Å². The maximum absolute atomic E-state index is 13.1. The molecule has 1 aromatic rings. The molecule has 158 valence electrons. The van der Waals surface area contributed by atoms with Crippen molar-refractivity contribution >= 4 is 27.6 Å². The number of para-hydroxylation sites is 1. The topological polar surface area (TPSA) is 125 Å². The fraction of sp³-hybridized carbons (Fsp3) is 0.444. The molecule has 0 spiro atoms. The van der Waals surface area contributed by atoms with Crippen LogP contribution in [0.3, 0.4) is 0 Å². The molecule has 2 N–H and O–H groups in total. The number of amides is 1. The third-order valence-electron chi connectivity index (χ3n) is 4.69. The van der Waals surface area contributed by atoms with Gasteiger partial charge in [0, 0.05) is 19.6 Å². The van der Waals surface area contributed by atoms with E-state index in [9.17, 15) is 18.0 Å². The Kier molecular flexibility index (Phi) is 6.52. The molecule has 3 rings (SSSR count). The lowest BCUT2D eigenvalue weighted by atomic mass is 10.2. The number of hydrogen-bond acceptors (Lipinski definition) is 8. The lowest BCUT2D eigenvalue weighted by Gasteiger charge is -2.27. The molecule has 1 amide bonds. The van der Waals surface area contributed by atoms with Gasteiger partial charge >= 0.3 is 5.97 Å². The van der Waals surface area contributed by atoms with Gasteiger partial charge in [0.15, 0.2) is 0 Å². The molecule has 11 heteroatoms. The zero-order valence-electron chi connectivity index (χ0n) is 16.0. The van der Waals surface area contributed by atoms with Gasteiger partial charge in [0.1, 0.15) is 10.6 Å². The van der Waals surface area contributed by atoms with Gasteiger partial charge in [-0.1, -0.05) is 12.1 Å². The fourth-order valence-electron chi connectivity index (χ4n) is 3.20. The fourth-order valence-corrected chi connectivity index (χ4v) is 4.76. The van der Waals surface area contributed by atoms with Crippen LogP contribution in [0.25, 0.3) is 0 Å². The number of esters is 1. The van der Waals surface area contributed by atoms with Crippen molar-refractivity contribution in [3.8, 4) is 0 Å².